The van der Waals surface area contributed by atoms with Crippen molar-refractivity contribution in [3.63, 3.8) is 0 Å². The van der Waals surface area contributed by atoms with Crippen LogP contribution < -0.4 is 0 Å². The van der Waals surface area contributed by atoms with Crippen molar-refractivity contribution in [2.75, 3.05) is 13.1 Å². The van der Waals surface area contributed by atoms with Crippen LogP contribution in [0, 0.1) is 5.92 Å². The van der Waals surface area contributed by atoms with Crippen molar-refractivity contribution in [3.05, 3.63) is 15.9 Å². The van der Waals surface area contributed by atoms with Crippen LogP contribution >= 0.6 is 31.9 Å². The first-order chi connectivity index (χ1) is 9.02. The lowest BCUT2D eigenvalue weighted by molar-refractivity contribution is 0.174. The van der Waals surface area contributed by atoms with E-state index in [1.54, 1.807) is 0 Å². The first-order valence-corrected chi connectivity index (χ1v) is 8.80. The normalized spacial score (nSPS) is 19.8. The van der Waals surface area contributed by atoms with Gasteiger partial charge >= 0.3 is 0 Å². The van der Waals surface area contributed by atoms with Gasteiger partial charge in [-0.3, -0.25) is 9.58 Å². The topological polar surface area (TPSA) is 21.1 Å². The number of rotatable bonds is 4. The number of halogens is 2. The third-order valence-corrected chi connectivity index (χ3v) is 5.82. The Morgan fingerprint density at radius 3 is 2.47 bits per heavy atom. The van der Waals surface area contributed by atoms with E-state index in [1.807, 2.05) is 11.7 Å². The van der Waals surface area contributed by atoms with Crippen LogP contribution in [0.15, 0.2) is 4.47 Å². The highest BCUT2D eigenvalue weighted by atomic mass is 79.9. The Morgan fingerprint density at radius 1 is 1.37 bits per heavy atom. The molecular weight excluding hydrogens is 370 g/mol. The van der Waals surface area contributed by atoms with Crippen LogP contribution in [0.2, 0.25) is 0 Å². The minimum absolute atomic E-state index is 0.643. The van der Waals surface area contributed by atoms with Gasteiger partial charge < -0.3 is 0 Å². The summed E-state index contributed by atoms with van der Waals surface area (Å²) >= 11 is 7.43. The Bertz CT molecular complexity index is 421. The summed E-state index contributed by atoms with van der Waals surface area (Å²) in [5.41, 5.74) is 2.48. The first kappa shape index (κ1) is 15.5. The molecule has 1 aromatic rings. The average Bonchev–Trinajstić information content (AvgIpc) is 2.67. The summed E-state index contributed by atoms with van der Waals surface area (Å²) in [6.45, 7) is 7.82. The number of hydrogen-bond acceptors (Lipinski definition) is 2. The standard InChI is InChI=1S/C14H23Br2N3/c1-4-12-14(16)13(18(3)17-12)9-19-7-5-11(6-8-19)10(2)15/h10-11H,4-9H2,1-3H3. The van der Waals surface area contributed by atoms with Gasteiger partial charge in [0.25, 0.3) is 0 Å². The highest BCUT2D eigenvalue weighted by Gasteiger charge is 2.24. The molecule has 108 valence electrons. The summed E-state index contributed by atoms with van der Waals surface area (Å²) in [7, 11) is 2.05. The number of aromatic nitrogens is 2. The highest BCUT2D eigenvalue weighted by molar-refractivity contribution is 9.10. The molecule has 1 aliphatic heterocycles. The number of hydrogen-bond donors (Lipinski definition) is 0. The van der Waals surface area contributed by atoms with Gasteiger partial charge in [0, 0.05) is 18.4 Å². The number of alkyl halides is 1. The fourth-order valence-corrected chi connectivity index (χ4v) is 4.04. The van der Waals surface area contributed by atoms with Gasteiger partial charge in [-0.15, -0.1) is 0 Å². The third kappa shape index (κ3) is 3.61. The molecule has 2 heterocycles. The number of piperidine rings is 1. The molecule has 1 unspecified atom stereocenters. The Labute approximate surface area is 133 Å². The van der Waals surface area contributed by atoms with Crippen LogP contribution in [-0.2, 0) is 20.0 Å². The molecule has 0 bridgehead atoms. The minimum Gasteiger partial charge on any atom is -0.297 e. The second-order valence-corrected chi connectivity index (χ2v) is 7.71. The fourth-order valence-electron chi connectivity index (χ4n) is 2.77. The Hall–Kier alpha value is 0.130. The Balaban J connectivity index is 1.98. The van der Waals surface area contributed by atoms with Crippen molar-refractivity contribution in [1.29, 1.82) is 0 Å². The van der Waals surface area contributed by atoms with E-state index in [0.29, 0.717) is 4.83 Å². The quantitative estimate of drug-likeness (QED) is 0.727. The van der Waals surface area contributed by atoms with Crippen molar-refractivity contribution in [2.45, 2.75) is 44.5 Å². The molecule has 1 aliphatic rings. The van der Waals surface area contributed by atoms with E-state index in [4.69, 9.17) is 0 Å². The lowest BCUT2D eigenvalue weighted by atomic mass is 9.94. The van der Waals surface area contributed by atoms with Gasteiger partial charge in [-0.05, 0) is 54.2 Å². The largest absolute Gasteiger partial charge is 0.297 e. The molecule has 0 aliphatic carbocycles. The van der Waals surface area contributed by atoms with Gasteiger partial charge in [-0.1, -0.05) is 29.8 Å². The van der Waals surface area contributed by atoms with E-state index in [-0.39, 0.29) is 0 Å². The van der Waals surface area contributed by atoms with Crippen LogP contribution in [0.4, 0.5) is 0 Å². The average molecular weight is 393 g/mol. The third-order valence-electron chi connectivity index (χ3n) is 4.16. The maximum absolute atomic E-state index is 4.57. The second kappa shape index (κ2) is 6.72. The van der Waals surface area contributed by atoms with Crippen LogP contribution in [0.25, 0.3) is 0 Å². The molecule has 1 saturated heterocycles. The Kier molecular flexibility index (Phi) is 5.49. The molecule has 0 saturated carbocycles. The van der Waals surface area contributed by atoms with E-state index in [0.717, 1.165) is 18.9 Å². The molecule has 0 N–H and O–H groups in total. The predicted octanol–water partition coefficient (Wildman–Crippen LogP) is 3.74. The molecule has 0 radical (unpaired) electrons. The molecule has 3 nitrogen and oxygen atoms in total. The maximum atomic E-state index is 4.57. The van der Waals surface area contributed by atoms with Gasteiger partial charge in [0.1, 0.15) is 0 Å². The van der Waals surface area contributed by atoms with Crippen LogP contribution in [0.5, 0.6) is 0 Å². The smallest absolute Gasteiger partial charge is 0.0767 e. The molecule has 19 heavy (non-hydrogen) atoms. The molecule has 0 aromatic carbocycles. The summed E-state index contributed by atoms with van der Waals surface area (Å²) in [6.07, 6.45) is 3.57. The maximum Gasteiger partial charge on any atom is 0.0767 e. The fraction of sp³-hybridized carbons (Fsp3) is 0.786. The monoisotopic (exact) mass is 391 g/mol. The zero-order valence-corrected chi connectivity index (χ0v) is 15.2. The summed E-state index contributed by atoms with van der Waals surface area (Å²) in [5, 5.41) is 4.57. The summed E-state index contributed by atoms with van der Waals surface area (Å²) in [4.78, 5) is 3.19. The number of aryl methyl sites for hydroxylation is 2. The molecule has 5 heteroatoms. The Morgan fingerprint density at radius 2 is 2.00 bits per heavy atom. The van der Waals surface area contributed by atoms with Gasteiger partial charge in [0.2, 0.25) is 0 Å². The predicted molar refractivity (Wildman–Crippen MR) is 86.7 cm³/mol. The molecule has 0 spiro atoms. The summed E-state index contributed by atoms with van der Waals surface area (Å²) in [5.74, 6) is 0.831. The van der Waals surface area contributed by atoms with Gasteiger partial charge in [-0.2, -0.15) is 5.10 Å². The molecule has 1 fully saturated rings. The van der Waals surface area contributed by atoms with E-state index < -0.39 is 0 Å². The zero-order valence-electron chi connectivity index (χ0n) is 12.0. The molecule has 0 amide bonds. The molecule has 1 atom stereocenters. The van der Waals surface area contributed by atoms with E-state index >= 15 is 0 Å². The van der Waals surface area contributed by atoms with Crippen molar-refractivity contribution < 1.29 is 0 Å². The van der Waals surface area contributed by atoms with Crippen LogP contribution in [0.3, 0.4) is 0 Å². The lowest BCUT2D eigenvalue weighted by Crippen LogP contribution is -2.35. The lowest BCUT2D eigenvalue weighted by Gasteiger charge is -2.33. The molecular formula is C14H23Br2N3. The van der Waals surface area contributed by atoms with E-state index in [9.17, 15) is 0 Å². The summed E-state index contributed by atoms with van der Waals surface area (Å²) in [6, 6.07) is 0. The van der Waals surface area contributed by atoms with Crippen molar-refractivity contribution in [1.82, 2.24) is 14.7 Å². The van der Waals surface area contributed by atoms with Crippen molar-refractivity contribution >= 4 is 31.9 Å². The van der Waals surface area contributed by atoms with Gasteiger partial charge in [-0.25, -0.2) is 0 Å². The zero-order chi connectivity index (χ0) is 14.0. The number of likely N-dealkylation sites (tertiary alicyclic amines) is 1. The van der Waals surface area contributed by atoms with Crippen LogP contribution in [0.1, 0.15) is 38.1 Å². The van der Waals surface area contributed by atoms with E-state index in [2.05, 4.69) is 55.7 Å². The molecule has 1 aromatic heterocycles. The van der Waals surface area contributed by atoms with Crippen LogP contribution in [-0.4, -0.2) is 32.6 Å². The second-order valence-electron chi connectivity index (χ2n) is 5.48. The van der Waals surface area contributed by atoms with Crippen molar-refractivity contribution in [2.24, 2.45) is 13.0 Å². The highest BCUT2D eigenvalue weighted by Crippen LogP contribution is 2.28. The minimum atomic E-state index is 0.643. The van der Waals surface area contributed by atoms with E-state index in [1.165, 1.54) is 41.8 Å². The first-order valence-electron chi connectivity index (χ1n) is 7.09. The molecule has 2 rings (SSSR count). The summed E-state index contributed by atoms with van der Waals surface area (Å²) < 4.78 is 3.23. The van der Waals surface area contributed by atoms with Gasteiger partial charge in [0.05, 0.1) is 15.9 Å². The van der Waals surface area contributed by atoms with Gasteiger partial charge in [0.15, 0.2) is 0 Å². The number of nitrogens with zero attached hydrogens (tertiary/aromatic N) is 3. The van der Waals surface area contributed by atoms with Crippen molar-refractivity contribution in [3.8, 4) is 0 Å². The SMILES string of the molecule is CCc1nn(C)c(CN2CCC(C(C)Br)CC2)c1Br.